The Labute approximate surface area is 115 Å². The normalized spacial score (nSPS) is 30.5. The van der Waals surface area contributed by atoms with E-state index in [4.69, 9.17) is 0 Å². The molecule has 3 nitrogen and oxygen atoms in total. The molecule has 104 valence electrons. The molecule has 1 aliphatic heterocycles. The van der Waals surface area contributed by atoms with Crippen LogP contribution in [0.5, 0.6) is 0 Å². The molecule has 2 aliphatic rings. The summed E-state index contributed by atoms with van der Waals surface area (Å²) in [5.41, 5.74) is 2.58. The van der Waals surface area contributed by atoms with E-state index in [0.717, 1.165) is 25.4 Å². The second-order valence-corrected chi connectivity index (χ2v) is 6.11. The molecule has 1 saturated heterocycles. The molecule has 0 radical (unpaired) electrons. The SMILES string of the molecule is CC1C[C@@H]1Nc1ccc(CN2CCC[C@H]2CO)cc1. The Hall–Kier alpha value is -1.06. The van der Waals surface area contributed by atoms with Gasteiger partial charge in [-0.25, -0.2) is 0 Å². The zero-order valence-corrected chi connectivity index (χ0v) is 11.7. The molecule has 0 bridgehead atoms. The molecule has 19 heavy (non-hydrogen) atoms. The highest BCUT2D eigenvalue weighted by Gasteiger charge is 2.32. The summed E-state index contributed by atoms with van der Waals surface area (Å²) < 4.78 is 0. The number of hydrogen-bond acceptors (Lipinski definition) is 3. The molecule has 3 rings (SSSR count). The maximum absolute atomic E-state index is 9.34. The Morgan fingerprint density at radius 3 is 2.68 bits per heavy atom. The minimum atomic E-state index is 0.291. The van der Waals surface area contributed by atoms with E-state index in [1.54, 1.807) is 0 Å². The van der Waals surface area contributed by atoms with Gasteiger partial charge in [0, 0.05) is 24.3 Å². The summed E-state index contributed by atoms with van der Waals surface area (Å²) in [7, 11) is 0. The van der Waals surface area contributed by atoms with Crippen LogP contribution in [0.2, 0.25) is 0 Å². The molecule has 2 fully saturated rings. The van der Waals surface area contributed by atoms with Crippen LogP contribution in [-0.2, 0) is 6.54 Å². The van der Waals surface area contributed by atoms with Gasteiger partial charge in [0.1, 0.15) is 0 Å². The molecule has 3 heteroatoms. The average Bonchev–Trinajstić information content (AvgIpc) is 2.93. The lowest BCUT2D eigenvalue weighted by molar-refractivity contribution is 0.153. The molecule has 0 spiro atoms. The van der Waals surface area contributed by atoms with E-state index < -0.39 is 0 Å². The highest BCUT2D eigenvalue weighted by Crippen LogP contribution is 2.32. The van der Waals surface area contributed by atoms with Crippen LogP contribution in [0.25, 0.3) is 0 Å². The number of aliphatic hydroxyl groups is 1. The molecule has 3 atom stereocenters. The predicted octanol–water partition coefficient (Wildman–Crippen LogP) is 2.46. The fourth-order valence-corrected chi connectivity index (χ4v) is 2.99. The number of benzene rings is 1. The summed E-state index contributed by atoms with van der Waals surface area (Å²) in [6.07, 6.45) is 3.65. The quantitative estimate of drug-likeness (QED) is 0.853. The minimum absolute atomic E-state index is 0.291. The number of aliphatic hydroxyl groups excluding tert-OH is 1. The van der Waals surface area contributed by atoms with Gasteiger partial charge < -0.3 is 10.4 Å². The molecule has 1 unspecified atom stereocenters. The zero-order chi connectivity index (χ0) is 13.2. The van der Waals surface area contributed by atoms with E-state index in [2.05, 4.69) is 41.4 Å². The second-order valence-electron chi connectivity index (χ2n) is 6.11. The van der Waals surface area contributed by atoms with Crippen molar-refractivity contribution in [3.8, 4) is 0 Å². The van der Waals surface area contributed by atoms with Crippen LogP contribution in [0.4, 0.5) is 5.69 Å². The van der Waals surface area contributed by atoms with Crippen LogP contribution in [0, 0.1) is 5.92 Å². The molecule has 1 aromatic rings. The van der Waals surface area contributed by atoms with Crippen molar-refractivity contribution in [2.24, 2.45) is 5.92 Å². The lowest BCUT2D eigenvalue weighted by Gasteiger charge is -2.22. The Morgan fingerprint density at radius 1 is 1.32 bits per heavy atom. The molecule has 1 aromatic carbocycles. The molecule has 0 amide bonds. The summed E-state index contributed by atoms with van der Waals surface area (Å²) in [6, 6.07) is 9.84. The van der Waals surface area contributed by atoms with Crippen molar-refractivity contribution in [2.45, 2.75) is 44.8 Å². The lowest BCUT2D eigenvalue weighted by atomic mass is 10.1. The average molecular weight is 260 g/mol. The lowest BCUT2D eigenvalue weighted by Crippen LogP contribution is -2.31. The van der Waals surface area contributed by atoms with Gasteiger partial charge in [0.25, 0.3) is 0 Å². The molecule has 2 N–H and O–H groups in total. The van der Waals surface area contributed by atoms with E-state index in [9.17, 15) is 5.11 Å². The maximum atomic E-state index is 9.34. The molecule has 1 saturated carbocycles. The highest BCUT2D eigenvalue weighted by atomic mass is 16.3. The monoisotopic (exact) mass is 260 g/mol. The third-order valence-corrected chi connectivity index (χ3v) is 4.51. The van der Waals surface area contributed by atoms with E-state index in [-0.39, 0.29) is 0 Å². The Kier molecular flexibility index (Phi) is 3.76. The number of hydrogen-bond donors (Lipinski definition) is 2. The summed E-state index contributed by atoms with van der Waals surface area (Å²) in [6.45, 7) is 4.66. The number of nitrogens with zero attached hydrogens (tertiary/aromatic N) is 1. The van der Waals surface area contributed by atoms with Gasteiger partial charge in [0.2, 0.25) is 0 Å². The minimum Gasteiger partial charge on any atom is -0.395 e. The van der Waals surface area contributed by atoms with Crippen LogP contribution in [0.15, 0.2) is 24.3 Å². The number of nitrogens with one attached hydrogen (secondary N) is 1. The van der Waals surface area contributed by atoms with E-state index >= 15 is 0 Å². The molecular weight excluding hydrogens is 236 g/mol. The van der Waals surface area contributed by atoms with Crippen LogP contribution in [0.1, 0.15) is 31.7 Å². The first kappa shape index (κ1) is 12.9. The molecule has 1 heterocycles. The van der Waals surface area contributed by atoms with Crippen molar-refractivity contribution in [3.63, 3.8) is 0 Å². The van der Waals surface area contributed by atoms with Crippen molar-refractivity contribution >= 4 is 5.69 Å². The second kappa shape index (κ2) is 5.51. The van der Waals surface area contributed by atoms with Crippen LogP contribution in [0.3, 0.4) is 0 Å². The van der Waals surface area contributed by atoms with Crippen molar-refractivity contribution in [2.75, 3.05) is 18.5 Å². The fraction of sp³-hybridized carbons (Fsp3) is 0.625. The summed E-state index contributed by atoms with van der Waals surface area (Å²) >= 11 is 0. The van der Waals surface area contributed by atoms with Gasteiger partial charge in [-0.2, -0.15) is 0 Å². The Bertz CT molecular complexity index is 417. The van der Waals surface area contributed by atoms with Crippen molar-refractivity contribution < 1.29 is 5.11 Å². The van der Waals surface area contributed by atoms with Gasteiger partial charge in [0.05, 0.1) is 6.61 Å². The first-order valence-corrected chi connectivity index (χ1v) is 7.46. The van der Waals surface area contributed by atoms with Gasteiger partial charge >= 0.3 is 0 Å². The highest BCUT2D eigenvalue weighted by molar-refractivity contribution is 5.46. The standard InChI is InChI=1S/C16H24N2O/c1-12-9-16(12)17-14-6-4-13(5-7-14)10-18-8-2-3-15(18)11-19/h4-7,12,15-17,19H,2-3,8-11H2,1H3/t12?,15-,16-/m0/s1. The smallest absolute Gasteiger partial charge is 0.0587 e. The maximum Gasteiger partial charge on any atom is 0.0587 e. The largest absolute Gasteiger partial charge is 0.395 e. The van der Waals surface area contributed by atoms with E-state index in [1.165, 1.54) is 24.1 Å². The third-order valence-electron chi connectivity index (χ3n) is 4.51. The topological polar surface area (TPSA) is 35.5 Å². The van der Waals surface area contributed by atoms with Gasteiger partial charge in [0.15, 0.2) is 0 Å². The van der Waals surface area contributed by atoms with E-state index in [1.807, 2.05) is 0 Å². The van der Waals surface area contributed by atoms with Gasteiger partial charge in [-0.05, 0) is 49.4 Å². The van der Waals surface area contributed by atoms with Gasteiger partial charge in [-0.3, -0.25) is 4.90 Å². The molecular formula is C16H24N2O. The van der Waals surface area contributed by atoms with Gasteiger partial charge in [-0.1, -0.05) is 19.1 Å². The van der Waals surface area contributed by atoms with Crippen LogP contribution >= 0.6 is 0 Å². The molecule has 1 aliphatic carbocycles. The Balaban J connectivity index is 1.56. The fourth-order valence-electron chi connectivity index (χ4n) is 2.99. The van der Waals surface area contributed by atoms with Crippen molar-refractivity contribution in [1.82, 2.24) is 4.90 Å². The number of rotatable bonds is 5. The molecule has 0 aromatic heterocycles. The third kappa shape index (κ3) is 3.10. The first-order valence-electron chi connectivity index (χ1n) is 7.46. The van der Waals surface area contributed by atoms with Crippen LogP contribution < -0.4 is 5.32 Å². The summed E-state index contributed by atoms with van der Waals surface area (Å²) in [5, 5.41) is 12.9. The summed E-state index contributed by atoms with van der Waals surface area (Å²) in [4.78, 5) is 2.39. The summed E-state index contributed by atoms with van der Waals surface area (Å²) in [5.74, 6) is 0.828. The first-order chi connectivity index (χ1) is 9.26. The zero-order valence-electron chi connectivity index (χ0n) is 11.7. The van der Waals surface area contributed by atoms with Gasteiger partial charge in [-0.15, -0.1) is 0 Å². The van der Waals surface area contributed by atoms with Crippen molar-refractivity contribution in [3.05, 3.63) is 29.8 Å². The number of likely N-dealkylation sites (tertiary alicyclic amines) is 1. The van der Waals surface area contributed by atoms with Crippen LogP contribution in [-0.4, -0.2) is 35.2 Å². The van der Waals surface area contributed by atoms with Crippen molar-refractivity contribution in [1.29, 1.82) is 0 Å². The Morgan fingerprint density at radius 2 is 2.05 bits per heavy atom. The predicted molar refractivity (Wildman–Crippen MR) is 78.2 cm³/mol. The number of anilines is 1. The van der Waals surface area contributed by atoms with E-state index in [0.29, 0.717) is 18.7 Å².